The van der Waals surface area contributed by atoms with E-state index in [0.29, 0.717) is 0 Å². The van der Waals surface area contributed by atoms with Crippen LogP contribution in [0.5, 0.6) is 0 Å². The summed E-state index contributed by atoms with van der Waals surface area (Å²) in [5.74, 6) is 0. The average Bonchev–Trinajstić information content (AvgIpc) is 2.47. The van der Waals surface area contributed by atoms with E-state index in [1.54, 1.807) is 0 Å². The minimum absolute atomic E-state index is 0.286. The lowest BCUT2D eigenvalue weighted by atomic mass is 10.1. The van der Waals surface area contributed by atoms with Crippen molar-refractivity contribution >= 4 is 23.6 Å². The molecule has 0 aliphatic carbocycles. The Labute approximate surface area is 118 Å². The molecule has 2 nitrogen and oxygen atoms in total. The van der Waals surface area contributed by atoms with Gasteiger partial charge in [-0.15, -0.1) is 0 Å². The van der Waals surface area contributed by atoms with Gasteiger partial charge < -0.3 is 4.90 Å². The molecule has 2 aromatic carbocycles. The summed E-state index contributed by atoms with van der Waals surface area (Å²) >= 11 is 5.93. The van der Waals surface area contributed by atoms with Crippen molar-refractivity contribution in [1.82, 2.24) is 4.90 Å². The van der Waals surface area contributed by atoms with Gasteiger partial charge in [0.1, 0.15) is 0 Å². The molecule has 1 aliphatic heterocycles. The molecule has 0 saturated heterocycles. The summed E-state index contributed by atoms with van der Waals surface area (Å²) in [7, 11) is 0. The van der Waals surface area contributed by atoms with Crippen molar-refractivity contribution < 1.29 is 0 Å². The van der Waals surface area contributed by atoms with E-state index in [1.807, 2.05) is 24.5 Å². The third-order valence-corrected chi connectivity index (χ3v) is 3.79. The molecule has 0 aromatic heterocycles. The summed E-state index contributed by atoms with van der Waals surface area (Å²) in [5.41, 5.74) is 3.59. The van der Waals surface area contributed by atoms with Gasteiger partial charge in [0.2, 0.25) is 0 Å². The fourth-order valence-electron chi connectivity index (χ4n) is 2.31. The highest BCUT2D eigenvalue weighted by molar-refractivity contribution is 6.30. The molecule has 0 saturated carbocycles. The lowest BCUT2D eigenvalue weighted by molar-refractivity contribution is 0.336. The average molecular weight is 271 g/mol. The number of aliphatic imine (C=N–C) groups is 1. The molecule has 0 amide bonds. The zero-order chi connectivity index (χ0) is 13.2. The Morgan fingerprint density at radius 3 is 2.63 bits per heavy atom. The van der Waals surface area contributed by atoms with Gasteiger partial charge >= 0.3 is 0 Å². The van der Waals surface area contributed by atoms with Crippen molar-refractivity contribution in [3.8, 4) is 0 Å². The second kappa shape index (κ2) is 5.06. The predicted molar refractivity (Wildman–Crippen MR) is 80.0 cm³/mol. The molecule has 96 valence electrons. The smallest absolute Gasteiger partial charge is 0.0920 e. The Balaban J connectivity index is 1.83. The van der Waals surface area contributed by atoms with Gasteiger partial charge in [0.25, 0.3) is 0 Å². The number of para-hydroxylation sites is 1. The van der Waals surface area contributed by atoms with Crippen molar-refractivity contribution in [3.63, 3.8) is 0 Å². The van der Waals surface area contributed by atoms with Crippen LogP contribution in [0.2, 0.25) is 5.02 Å². The first-order chi connectivity index (χ1) is 9.24. The predicted octanol–water partition coefficient (Wildman–Crippen LogP) is 4.58. The van der Waals surface area contributed by atoms with Gasteiger partial charge in [0.15, 0.2) is 0 Å². The van der Waals surface area contributed by atoms with Crippen LogP contribution in [0.1, 0.15) is 24.1 Å². The Bertz CT molecular complexity index is 604. The summed E-state index contributed by atoms with van der Waals surface area (Å²) in [4.78, 5) is 6.76. The quantitative estimate of drug-likeness (QED) is 0.780. The molecule has 0 bridgehead atoms. The van der Waals surface area contributed by atoms with Gasteiger partial charge in [-0.25, -0.2) is 4.99 Å². The zero-order valence-electron chi connectivity index (χ0n) is 10.8. The number of benzene rings is 2. The van der Waals surface area contributed by atoms with E-state index in [1.165, 1.54) is 11.1 Å². The lowest BCUT2D eigenvalue weighted by Crippen LogP contribution is -2.27. The molecule has 1 aliphatic rings. The number of nitrogens with zero attached hydrogens (tertiary/aromatic N) is 2. The third-order valence-electron chi connectivity index (χ3n) is 3.54. The standard InChI is InChI=1S/C16H15ClN2/c1-12(13-6-8-15(17)9-7-13)19-10-14-4-2-3-5-16(14)18-11-19/h2-9,11-12H,10H2,1H3. The largest absolute Gasteiger partial charge is 0.351 e. The van der Waals surface area contributed by atoms with Crippen LogP contribution < -0.4 is 0 Å². The van der Waals surface area contributed by atoms with Gasteiger partial charge in [-0.05, 0) is 36.2 Å². The fourth-order valence-corrected chi connectivity index (χ4v) is 2.44. The summed E-state index contributed by atoms with van der Waals surface area (Å²) in [6.07, 6.45) is 1.93. The summed E-state index contributed by atoms with van der Waals surface area (Å²) in [6.45, 7) is 3.08. The lowest BCUT2D eigenvalue weighted by Gasteiger charge is -2.30. The van der Waals surface area contributed by atoms with Crippen molar-refractivity contribution in [3.05, 3.63) is 64.7 Å². The first-order valence-electron chi connectivity index (χ1n) is 6.37. The van der Waals surface area contributed by atoms with Crippen LogP contribution in [0, 0.1) is 0 Å². The van der Waals surface area contributed by atoms with E-state index in [2.05, 4.69) is 47.1 Å². The van der Waals surface area contributed by atoms with Gasteiger partial charge in [0, 0.05) is 11.6 Å². The Morgan fingerprint density at radius 1 is 1.11 bits per heavy atom. The SMILES string of the molecule is CC(c1ccc(Cl)cc1)N1C=Nc2ccccc2C1. The third kappa shape index (κ3) is 2.49. The van der Waals surface area contributed by atoms with Crippen molar-refractivity contribution in [2.75, 3.05) is 0 Å². The first kappa shape index (κ1) is 12.2. The molecule has 19 heavy (non-hydrogen) atoms. The topological polar surface area (TPSA) is 15.6 Å². The van der Waals surface area contributed by atoms with Crippen LogP contribution >= 0.6 is 11.6 Å². The molecule has 3 rings (SSSR count). The van der Waals surface area contributed by atoms with Crippen LogP contribution in [0.4, 0.5) is 5.69 Å². The number of hydrogen-bond acceptors (Lipinski definition) is 2. The van der Waals surface area contributed by atoms with Crippen LogP contribution in [0.3, 0.4) is 0 Å². The van der Waals surface area contributed by atoms with Crippen LogP contribution in [0.15, 0.2) is 53.5 Å². The maximum absolute atomic E-state index is 5.93. The Hall–Kier alpha value is -1.80. The molecule has 1 heterocycles. The molecule has 1 atom stereocenters. The highest BCUT2D eigenvalue weighted by atomic mass is 35.5. The fraction of sp³-hybridized carbons (Fsp3) is 0.188. The second-order valence-corrected chi connectivity index (χ2v) is 5.21. The highest BCUT2D eigenvalue weighted by Crippen LogP contribution is 2.29. The Morgan fingerprint density at radius 2 is 1.84 bits per heavy atom. The molecule has 2 aromatic rings. The van der Waals surface area contributed by atoms with E-state index >= 15 is 0 Å². The maximum atomic E-state index is 5.93. The van der Waals surface area contributed by atoms with Crippen molar-refractivity contribution in [1.29, 1.82) is 0 Å². The van der Waals surface area contributed by atoms with E-state index in [0.717, 1.165) is 17.3 Å². The summed E-state index contributed by atoms with van der Waals surface area (Å²) in [5, 5.41) is 0.772. The zero-order valence-corrected chi connectivity index (χ0v) is 11.5. The monoisotopic (exact) mass is 270 g/mol. The van der Waals surface area contributed by atoms with Crippen LogP contribution in [-0.4, -0.2) is 11.2 Å². The van der Waals surface area contributed by atoms with Crippen LogP contribution in [-0.2, 0) is 6.54 Å². The maximum Gasteiger partial charge on any atom is 0.0920 e. The summed E-state index contributed by atoms with van der Waals surface area (Å²) < 4.78 is 0. The van der Waals surface area contributed by atoms with Gasteiger partial charge in [-0.2, -0.15) is 0 Å². The minimum atomic E-state index is 0.286. The van der Waals surface area contributed by atoms with E-state index in [-0.39, 0.29) is 6.04 Å². The number of rotatable bonds is 2. The van der Waals surface area contributed by atoms with Crippen molar-refractivity contribution in [2.45, 2.75) is 19.5 Å². The molecule has 3 heteroatoms. The first-order valence-corrected chi connectivity index (χ1v) is 6.75. The molecule has 0 radical (unpaired) electrons. The number of fused-ring (bicyclic) bond motifs is 1. The molecular formula is C16H15ClN2. The summed E-state index contributed by atoms with van der Waals surface area (Å²) in [6, 6.07) is 16.6. The molecule has 0 fully saturated rings. The minimum Gasteiger partial charge on any atom is -0.351 e. The second-order valence-electron chi connectivity index (χ2n) is 4.77. The molecular weight excluding hydrogens is 256 g/mol. The van der Waals surface area contributed by atoms with E-state index < -0.39 is 0 Å². The van der Waals surface area contributed by atoms with Crippen LogP contribution in [0.25, 0.3) is 0 Å². The normalized spacial score (nSPS) is 15.2. The molecule has 1 unspecified atom stereocenters. The van der Waals surface area contributed by atoms with Gasteiger partial charge in [0.05, 0.1) is 18.1 Å². The highest BCUT2D eigenvalue weighted by Gasteiger charge is 2.17. The van der Waals surface area contributed by atoms with E-state index in [4.69, 9.17) is 11.6 Å². The van der Waals surface area contributed by atoms with Gasteiger partial charge in [-0.1, -0.05) is 41.9 Å². The van der Waals surface area contributed by atoms with E-state index in [9.17, 15) is 0 Å². The molecule has 0 N–H and O–H groups in total. The number of halogens is 1. The molecule has 0 spiro atoms. The Kier molecular flexibility index (Phi) is 3.26. The van der Waals surface area contributed by atoms with Gasteiger partial charge in [-0.3, -0.25) is 0 Å². The van der Waals surface area contributed by atoms with Crippen molar-refractivity contribution in [2.24, 2.45) is 4.99 Å². The number of hydrogen-bond donors (Lipinski definition) is 0.